The first-order valence-electron chi connectivity index (χ1n) is 30.6. The second kappa shape index (κ2) is 41.3. The number of carbonyl (C=O) groups excluding carboxylic acids is 10. The molecule has 462 valence electrons. The number of aliphatic imine (C=N–C) groups is 2. The van der Waals surface area contributed by atoms with Crippen molar-refractivity contribution in [3.05, 3.63) is 0 Å². The molecule has 0 saturated carbocycles. The molecule has 0 unspecified atom stereocenters. The van der Waals surface area contributed by atoms with Crippen LogP contribution in [-0.2, 0) is 47.9 Å². The van der Waals surface area contributed by atoms with E-state index in [4.69, 9.17) is 28.7 Å². The SMILES string of the molecule is CCCCCCCCCCCCCCCC(=O)C[C@@H](CCCN=C(N)N)C(=O)N1CCC[C@H]1C(=O)C[C@H](C(=O)N[C@@H](C)C(=O)C[C@@H](CC(N)=O)C(=O)N[C@@H](C)C(=O)C[C@@H](CCCN=C(N)N)C(=O)N[C@@H](CC(C)C)C(=O)CC)C(C)C. The van der Waals surface area contributed by atoms with Crippen molar-refractivity contribution in [3.8, 4) is 0 Å². The van der Waals surface area contributed by atoms with Gasteiger partial charge in [0.25, 0.3) is 0 Å². The molecule has 1 heterocycles. The summed E-state index contributed by atoms with van der Waals surface area (Å²) in [5.74, 6) is -8.98. The standard InChI is InChI=1S/C60H107N11O10/c1-9-11-12-13-14-15-16-17-18-19-20-21-22-28-46(72)34-44(27-24-31-67-60(64)65)58(81)71-32-25-29-49(71)53(76)38-47(40(5)6)57(80)69-42(8)52(75)36-45(37-54(61)77)56(79)68-41(7)51(74)35-43(26-23-30-66-59(62)63)55(78)70-48(33-39(3)4)50(73)10-2/h39-45,47-49H,9-38H2,1-8H3,(H2,61,77)(H,68,79)(H,69,80)(H,70,78)(H4,62,63,66)(H4,64,65,67)/t41-,42-,43+,44+,45-,47-,48-,49-/m0/s1. The number of primary amides is 1. The van der Waals surface area contributed by atoms with Crippen LogP contribution >= 0.6 is 0 Å². The molecule has 21 nitrogen and oxygen atoms in total. The Morgan fingerprint density at radius 2 is 1.01 bits per heavy atom. The van der Waals surface area contributed by atoms with Crippen LogP contribution in [0.25, 0.3) is 0 Å². The Morgan fingerprint density at radius 3 is 1.49 bits per heavy atom. The third-order valence-corrected chi connectivity index (χ3v) is 15.4. The zero-order valence-corrected chi connectivity index (χ0v) is 50.8. The molecule has 5 amide bonds. The molecule has 0 radical (unpaired) electrons. The molecule has 1 rings (SSSR count). The number of unbranched alkanes of at least 4 members (excludes halogenated alkanes) is 12. The van der Waals surface area contributed by atoms with E-state index in [1.807, 2.05) is 13.8 Å². The molecule has 0 aromatic heterocycles. The lowest BCUT2D eigenvalue weighted by Gasteiger charge is -2.30. The maximum absolute atomic E-state index is 14.3. The summed E-state index contributed by atoms with van der Waals surface area (Å²) in [6.45, 7) is 14.9. The van der Waals surface area contributed by atoms with Gasteiger partial charge in [0.2, 0.25) is 29.5 Å². The minimum absolute atomic E-state index is 0.000773. The maximum Gasteiger partial charge on any atom is 0.226 e. The summed E-state index contributed by atoms with van der Waals surface area (Å²) in [5, 5.41) is 8.07. The van der Waals surface area contributed by atoms with Crippen molar-refractivity contribution in [2.24, 2.45) is 74.2 Å². The fourth-order valence-corrected chi connectivity index (χ4v) is 10.5. The molecule has 1 saturated heterocycles. The van der Waals surface area contributed by atoms with E-state index < -0.39 is 95.9 Å². The van der Waals surface area contributed by atoms with Crippen LogP contribution in [0.2, 0.25) is 0 Å². The zero-order chi connectivity index (χ0) is 61.0. The lowest BCUT2D eigenvalue weighted by molar-refractivity contribution is -0.143. The first-order valence-corrected chi connectivity index (χ1v) is 30.6. The lowest BCUT2D eigenvalue weighted by Crippen LogP contribution is -2.48. The van der Waals surface area contributed by atoms with E-state index >= 15 is 0 Å². The van der Waals surface area contributed by atoms with Crippen molar-refractivity contribution in [1.29, 1.82) is 0 Å². The Bertz CT molecular complexity index is 2050. The number of rotatable bonds is 47. The average Bonchev–Trinajstić information content (AvgIpc) is 3.95. The molecule has 1 fully saturated rings. The molecule has 21 heteroatoms. The molecule has 13 N–H and O–H groups in total. The first kappa shape index (κ1) is 73.3. The number of ketones is 5. The van der Waals surface area contributed by atoms with Crippen LogP contribution in [0.1, 0.15) is 229 Å². The van der Waals surface area contributed by atoms with Crippen LogP contribution in [0.4, 0.5) is 0 Å². The van der Waals surface area contributed by atoms with E-state index in [0.717, 1.165) is 25.7 Å². The number of nitrogens with two attached hydrogens (primary N) is 5. The fraction of sp³-hybridized carbons (Fsp3) is 0.800. The number of hydrogen-bond donors (Lipinski definition) is 8. The fourth-order valence-electron chi connectivity index (χ4n) is 10.5. The highest BCUT2D eigenvalue weighted by Gasteiger charge is 2.40. The van der Waals surface area contributed by atoms with Gasteiger partial charge in [-0.1, -0.05) is 119 Å². The van der Waals surface area contributed by atoms with E-state index in [1.165, 1.54) is 71.6 Å². The Labute approximate surface area is 484 Å². The van der Waals surface area contributed by atoms with Crippen LogP contribution in [0, 0.1) is 35.5 Å². The molecule has 0 aliphatic carbocycles. The molecule has 8 atom stereocenters. The minimum atomic E-state index is -1.32. The van der Waals surface area contributed by atoms with Crippen LogP contribution in [0.15, 0.2) is 9.98 Å². The highest BCUT2D eigenvalue weighted by atomic mass is 16.2. The Balaban J connectivity index is 3.04. The predicted molar refractivity (Wildman–Crippen MR) is 318 cm³/mol. The summed E-state index contributed by atoms with van der Waals surface area (Å²) >= 11 is 0. The second-order valence-electron chi connectivity index (χ2n) is 23.4. The van der Waals surface area contributed by atoms with E-state index in [-0.39, 0.29) is 92.2 Å². The van der Waals surface area contributed by atoms with Gasteiger partial charge >= 0.3 is 0 Å². The number of nitrogens with zero attached hydrogens (tertiary/aromatic N) is 3. The smallest absolute Gasteiger partial charge is 0.226 e. The van der Waals surface area contributed by atoms with Crippen molar-refractivity contribution >= 4 is 70.4 Å². The molecule has 1 aliphatic heterocycles. The van der Waals surface area contributed by atoms with E-state index in [1.54, 1.807) is 25.7 Å². The average molecular weight is 1140 g/mol. The van der Waals surface area contributed by atoms with Gasteiger partial charge in [0.15, 0.2) is 35.1 Å². The van der Waals surface area contributed by atoms with Crippen molar-refractivity contribution in [2.75, 3.05) is 19.6 Å². The molecule has 0 bridgehead atoms. The van der Waals surface area contributed by atoms with Gasteiger partial charge in [-0.15, -0.1) is 0 Å². The van der Waals surface area contributed by atoms with Gasteiger partial charge in [-0.25, -0.2) is 0 Å². The monoisotopic (exact) mass is 1140 g/mol. The third kappa shape index (κ3) is 31.3. The van der Waals surface area contributed by atoms with E-state index in [9.17, 15) is 47.9 Å². The maximum atomic E-state index is 14.3. The number of amides is 5. The Kier molecular flexibility index (Phi) is 37.3. The summed E-state index contributed by atoms with van der Waals surface area (Å²) in [5.41, 5.74) is 27.5. The number of nitrogens with one attached hydrogen (secondary N) is 3. The van der Waals surface area contributed by atoms with Crippen molar-refractivity contribution in [2.45, 2.75) is 253 Å². The van der Waals surface area contributed by atoms with Crippen LogP contribution in [0.5, 0.6) is 0 Å². The number of hydrogen-bond acceptors (Lipinski definition) is 12. The van der Waals surface area contributed by atoms with Crippen LogP contribution in [0.3, 0.4) is 0 Å². The van der Waals surface area contributed by atoms with E-state index in [0.29, 0.717) is 51.5 Å². The Hall–Kier alpha value is -5.76. The first-order chi connectivity index (χ1) is 38.3. The van der Waals surface area contributed by atoms with Crippen LogP contribution < -0.4 is 44.6 Å². The quantitative estimate of drug-likeness (QED) is 0.0199. The van der Waals surface area contributed by atoms with Gasteiger partial charge in [0.1, 0.15) is 5.78 Å². The van der Waals surface area contributed by atoms with Gasteiger partial charge in [-0.3, -0.25) is 57.9 Å². The second-order valence-corrected chi connectivity index (χ2v) is 23.4. The minimum Gasteiger partial charge on any atom is -0.370 e. The molecule has 0 aromatic carbocycles. The number of Topliss-reactive ketones (excluding diaryl/α,β-unsaturated/α-hetero) is 5. The summed E-state index contributed by atoms with van der Waals surface area (Å²) in [6.07, 6.45) is 17.2. The molecule has 0 aromatic rings. The third-order valence-electron chi connectivity index (χ3n) is 15.4. The van der Waals surface area contributed by atoms with Gasteiger partial charge in [0.05, 0.1) is 30.1 Å². The van der Waals surface area contributed by atoms with Crippen molar-refractivity contribution < 1.29 is 47.9 Å². The number of carbonyl (C=O) groups is 10. The molecule has 0 spiro atoms. The summed E-state index contributed by atoms with van der Waals surface area (Å²) in [6, 6.07) is -3.90. The highest BCUT2D eigenvalue weighted by Crippen LogP contribution is 2.29. The van der Waals surface area contributed by atoms with Gasteiger partial charge < -0.3 is 49.5 Å². The highest BCUT2D eigenvalue weighted by molar-refractivity contribution is 5.98. The zero-order valence-electron chi connectivity index (χ0n) is 50.8. The van der Waals surface area contributed by atoms with Gasteiger partial charge in [-0.05, 0) is 77.0 Å². The summed E-state index contributed by atoms with van der Waals surface area (Å²) < 4.78 is 0. The molecular formula is C60H107N11O10. The van der Waals surface area contributed by atoms with Crippen LogP contribution in [-0.4, -0.2) is 119 Å². The molecule has 81 heavy (non-hydrogen) atoms. The molecule has 1 aliphatic rings. The number of likely N-dealkylation sites (tertiary alicyclic amines) is 1. The summed E-state index contributed by atoms with van der Waals surface area (Å²) in [4.78, 5) is 145. The van der Waals surface area contributed by atoms with Gasteiger partial charge in [0, 0.05) is 82.3 Å². The normalized spacial score (nSPS) is 15.8. The molecular weight excluding hydrogens is 1030 g/mol. The summed E-state index contributed by atoms with van der Waals surface area (Å²) in [7, 11) is 0. The Morgan fingerprint density at radius 1 is 0.531 bits per heavy atom. The van der Waals surface area contributed by atoms with Crippen molar-refractivity contribution in [3.63, 3.8) is 0 Å². The largest absolute Gasteiger partial charge is 0.370 e. The van der Waals surface area contributed by atoms with E-state index in [2.05, 4.69) is 32.9 Å². The van der Waals surface area contributed by atoms with Crippen molar-refractivity contribution in [1.82, 2.24) is 20.9 Å². The predicted octanol–water partition coefficient (Wildman–Crippen LogP) is 5.92. The topological polar surface area (TPSA) is 365 Å². The number of guanidine groups is 2. The lowest BCUT2D eigenvalue weighted by atomic mass is 9.86. The van der Waals surface area contributed by atoms with Gasteiger partial charge in [-0.2, -0.15) is 0 Å².